The van der Waals surface area contributed by atoms with E-state index in [9.17, 15) is 79.4 Å². The van der Waals surface area contributed by atoms with Gasteiger partial charge in [-0.2, -0.15) is 74.6 Å². The monoisotopic (exact) mass is 538 g/mol. The first-order valence-electron chi connectivity index (χ1n) is 7.33. The zero-order valence-electron chi connectivity index (χ0n) is 15.1. The first-order valence-corrected chi connectivity index (χ1v) is 7.33. The molecule has 0 rings (SSSR count). The SMILES string of the molecule is CC(C)OC(=O)C(F)(OC(F)(F)C(F)(OC(F)(F)C(F)(F)C(F)(F)F)C(F)(F)F)C(F)(F)F. The number of rotatable bonds is 8. The molecule has 0 radical (unpaired) electrons. The number of ether oxygens (including phenoxy) is 3. The minimum Gasteiger partial charge on any atom is -0.458 e. The molecule has 0 aliphatic rings. The van der Waals surface area contributed by atoms with Crippen molar-refractivity contribution in [2.45, 2.75) is 68.3 Å². The van der Waals surface area contributed by atoms with Crippen LogP contribution in [0, 0.1) is 0 Å². The lowest BCUT2D eigenvalue weighted by atomic mass is 10.2. The van der Waals surface area contributed by atoms with Crippen molar-refractivity contribution < 1.29 is 93.6 Å². The lowest BCUT2D eigenvalue weighted by Crippen LogP contribution is -2.68. The Bertz CT molecular complexity index is 708. The number of carbonyl (C=O) groups excluding carboxylic acids is 1. The van der Waals surface area contributed by atoms with Crippen LogP contribution in [0.4, 0.5) is 74.6 Å². The summed E-state index contributed by atoms with van der Waals surface area (Å²) in [5, 5.41) is 0. The second-order valence-electron chi connectivity index (χ2n) is 5.95. The lowest BCUT2D eigenvalue weighted by Gasteiger charge is -2.40. The van der Waals surface area contributed by atoms with E-state index in [0.717, 1.165) is 0 Å². The van der Waals surface area contributed by atoms with Gasteiger partial charge in [0, 0.05) is 0 Å². The molecule has 33 heavy (non-hydrogen) atoms. The summed E-state index contributed by atoms with van der Waals surface area (Å²) in [6.45, 7) is 1.20. The number of esters is 1. The Labute approximate surface area is 169 Å². The zero-order valence-corrected chi connectivity index (χ0v) is 15.1. The molecule has 0 amide bonds. The van der Waals surface area contributed by atoms with E-state index in [0.29, 0.717) is 13.8 Å². The number of hydrogen-bond acceptors (Lipinski definition) is 4. The molecule has 0 aliphatic heterocycles. The van der Waals surface area contributed by atoms with Crippen LogP contribution in [0.1, 0.15) is 13.8 Å². The largest absolute Gasteiger partial charge is 0.462 e. The maximum atomic E-state index is 13.9. The summed E-state index contributed by atoms with van der Waals surface area (Å²) in [7, 11) is 0. The third-order valence-corrected chi connectivity index (χ3v) is 2.97. The maximum Gasteiger partial charge on any atom is 0.462 e. The molecule has 0 bridgehead atoms. The van der Waals surface area contributed by atoms with E-state index in [4.69, 9.17) is 0 Å². The topological polar surface area (TPSA) is 44.8 Å². The Hall–Kier alpha value is -1.80. The Kier molecular flexibility index (Phi) is 7.99. The van der Waals surface area contributed by atoms with Crippen molar-refractivity contribution in [1.29, 1.82) is 0 Å². The molecule has 0 aromatic heterocycles. The van der Waals surface area contributed by atoms with Crippen LogP contribution < -0.4 is 0 Å². The smallest absolute Gasteiger partial charge is 0.458 e. The highest BCUT2D eigenvalue weighted by molar-refractivity contribution is 5.79. The highest BCUT2D eigenvalue weighted by Gasteiger charge is 2.85. The third kappa shape index (κ3) is 5.65. The Morgan fingerprint density at radius 2 is 0.970 bits per heavy atom. The van der Waals surface area contributed by atoms with Gasteiger partial charge in [-0.15, -0.1) is 0 Å². The summed E-state index contributed by atoms with van der Waals surface area (Å²) in [5.41, 5.74) is 0. The van der Waals surface area contributed by atoms with Crippen LogP contribution in [0.25, 0.3) is 0 Å². The quantitative estimate of drug-likeness (QED) is 0.289. The molecule has 0 fully saturated rings. The molecule has 0 aliphatic carbocycles. The number of hydrogen-bond donors (Lipinski definition) is 0. The van der Waals surface area contributed by atoms with Crippen LogP contribution >= 0.6 is 0 Å². The summed E-state index contributed by atoms with van der Waals surface area (Å²) >= 11 is 0. The van der Waals surface area contributed by atoms with Crippen LogP contribution in [-0.4, -0.2) is 60.5 Å². The Morgan fingerprint density at radius 3 is 1.24 bits per heavy atom. The second kappa shape index (κ2) is 8.45. The fraction of sp³-hybridized carbons (Fsp3) is 0.917. The molecule has 0 spiro atoms. The van der Waals surface area contributed by atoms with Crippen molar-refractivity contribution in [2.24, 2.45) is 0 Å². The lowest BCUT2D eigenvalue weighted by molar-refractivity contribution is -0.548. The van der Waals surface area contributed by atoms with Crippen LogP contribution in [0.2, 0.25) is 0 Å². The molecule has 0 saturated heterocycles. The van der Waals surface area contributed by atoms with Crippen molar-refractivity contribution in [3.63, 3.8) is 0 Å². The van der Waals surface area contributed by atoms with Gasteiger partial charge < -0.3 is 4.74 Å². The maximum absolute atomic E-state index is 13.9. The molecule has 0 aromatic carbocycles. The number of carbonyl (C=O) groups is 1. The van der Waals surface area contributed by atoms with Gasteiger partial charge in [-0.3, -0.25) is 9.47 Å². The van der Waals surface area contributed by atoms with Gasteiger partial charge in [-0.05, 0) is 13.8 Å². The predicted octanol–water partition coefficient (Wildman–Crippen LogP) is 5.81. The van der Waals surface area contributed by atoms with Gasteiger partial charge >= 0.3 is 54.3 Å². The number of alkyl halides is 17. The van der Waals surface area contributed by atoms with Gasteiger partial charge in [0.2, 0.25) is 0 Å². The van der Waals surface area contributed by atoms with Gasteiger partial charge in [-0.1, -0.05) is 0 Å². The normalized spacial score (nSPS) is 18.7. The fourth-order valence-corrected chi connectivity index (χ4v) is 1.44. The van der Waals surface area contributed by atoms with Crippen molar-refractivity contribution in [2.75, 3.05) is 0 Å². The van der Waals surface area contributed by atoms with Crippen molar-refractivity contribution >= 4 is 5.97 Å². The van der Waals surface area contributed by atoms with Crippen LogP contribution in [0.15, 0.2) is 0 Å². The van der Waals surface area contributed by atoms with E-state index in [1.54, 1.807) is 0 Å². The molecule has 198 valence electrons. The summed E-state index contributed by atoms with van der Waals surface area (Å²) in [4.78, 5) is 11.1. The summed E-state index contributed by atoms with van der Waals surface area (Å²) in [5.74, 6) is -26.4. The zero-order chi connectivity index (χ0) is 27.3. The van der Waals surface area contributed by atoms with Crippen LogP contribution in [0.3, 0.4) is 0 Å². The summed E-state index contributed by atoms with van der Waals surface area (Å²) in [6.07, 6.45) is -40.4. The van der Waals surface area contributed by atoms with Crippen molar-refractivity contribution in [3.8, 4) is 0 Å². The number of halogens is 17. The Balaban J connectivity index is 6.73. The highest BCUT2D eigenvalue weighted by Crippen LogP contribution is 2.56. The molecule has 0 aromatic rings. The van der Waals surface area contributed by atoms with Gasteiger partial charge in [0.1, 0.15) is 0 Å². The Morgan fingerprint density at radius 1 is 0.576 bits per heavy atom. The highest BCUT2D eigenvalue weighted by atomic mass is 19.4. The molecular weight excluding hydrogens is 531 g/mol. The predicted molar refractivity (Wildman–Crippen MR) is 64.1 cm³/mol. The molecule has 0 N–H and O–H groups in total. The van der Waals surface area contributed by atoms with Gasteiger partial charge in [0.15, 0.2) is 0 Å². The van der Waals surface area contributed by atoms with Crippen molar-refractivity contribution in [1.82, 2.24) is 0 Å². The summed E-state index contributed by atoms with van der Waals surface area (Å²) in [6, 6.07) is 0. The first kappa shape index (κ1) is 31.2. The van der Waals surface area contributed by atoms with Crippen LogP contribution in [-0.2, 0) is 19.0 Å². The average Bonchev–Trinajstić information content (AvgIpc) is 2.49. The molecule has 2 atom stereocenters. The van der Waals surface area contributed by atoms with Crippen molar-refractivity contribution in [3.05, 3.63) is 0 Å². The minimum absolute atomic E-state index is 0.602. The fourth-order valence-electron chi connectivity index (χ4n) is 1.44. The standard InChI is InChI=1S/C12H7F17O4/c1-3(2)31-4(30)5(13,8(17,18)19)32-12(28,29)7(16,10(23,24)25)33-11(26,27)6(14,15)9(20,21)22/h3H,1-2H3. The van der Waals surface area contributed by atoms with Crippen LogP contribution in [0.5, 0.6) is 0 Å². The van der Waals surface area contributed by atoms with E-state index in [-0.39, 0.29) is 0 Å². The molecule has 4 nitrogen and oxygen atoms in total. The molecular formula is C12H7F17O4. The summed E-state index contributed by atoms with van der Waals surface area (Å²) < 4.78 is 225. The second-order valence-corrected chi connectivity index (χ2v) is 5.95. The third-order valence-electron chi connectivity index (χ3n) is 2.97. The first-order chi connectivity index (χ1) is 14.0. The minimum atomic E-state index is -8.04. The van der Waals surface area contributed by atoms with E-state index in [1.807, 2.05) is 4.74 Å². The van der Waals surface area contributed by atoms with Gasteiger partial charge in [0.05, 0.1) is 6.10 Å². The van der Waals surface area contributed by atoms with E-state index >= 15 is 0 Å². The van der Waals surface area contributed by atoms with Gasteiger partial charge in [0.25, 0.3) is 0 Å². The van der Waals surface area contributed by atoms with E-state index in [1.165, 1.54) is 4.74 Å². The molecule has 0 heterocycles. The van der Waals surface area contributed by atoms with E-state index < -0.39 is 60.5 Å². The molecule has 21 heteroatoms. The van der Waals surface area contributed by atoms with Gasteiger partial charge in [-0.25, -0.2) is 4.79 Å². The molecule has 0 saturated carbocycles. The average molecular weight is 538 g/mol. The molecule has 2 unspecified atom stereocenters. The van der Waals surface area contributed by atoms with E-state index in [2.05, 4.69) is 4.74 Å².